The minimum absolute atomic E-state index is 0.0381. The van der Waals surface area contributed by atoms with Gasteiger partial charge in [0.15, 0.2) is 5.82 Å². The van der Waals surface area contributed by atoms with Crippen molar-refractivity contribution >= 4 is 35.5 Å². The fourth-order valence-corrected chi connectivity index (χ4v) is 2.73. The van der Waals surface area contributed by atoms with Gasteiger partial charge in [0.1, 0.15) is 16.1 Å². The molecule has 0 aliphatic heterocycles. The highest BCUT2D eigenvalue weighted by molar-refractivity contribution is 7.08. The lowest BCUT2D eigenvalue weighted by atomic mass is 10.1. The monoisotopic (exact) mass is 398 g/mol. The first-order valence-electron chi connectivity index (χ1n) is 8.24. The largest absolute Gasteiger partial charge is 0.465 e. The third-order valence-corrected chi connectivity index (χ3v) is 3.71. The Balaban J connectivity index is 3.48. The molecule has 0 atom stereocenters. The number of carbonyl (C=O) groups is 3. The van der Waals surface area contributed by atoms with Crippen LogP contribution in [0, 0.1) is 0 Å². The van der Waals surface area contributed by atoms with Gasteiger partial charge in [0.2, 0.25) is 0 Å². The van der Waals surface area contributed by atoms with Crippen molar-refractivity contribution in [2.24, 2.45) is 0 Å². The zero-order valence-electron chi connectivity index (χ0n) is 16.7. The predicted molar refractivity (Wildman–Crippen MR) is 102 cm³/mol. The van der Waals surface area contributed by atoms with Crippen molar-refractivity contribution < 1.29 is 28.6 Å². The van der Waals surface area contributed by atoms with Crippen molar-refractivity contribution in [3.63, 3.8) is 0 Å². The molecule has 2 amide bonds. The Labute approximate surface area is 163 Å². The number of ether oxygens (including phenoxy) is 3. The third kappa shape index (κ3) is 6.35. The maximum Gasteiger partial charge on any atom is 0.425 e. The fourth-order valence-electron chi connectivity index (χ4n) is 1.92. The van der Waals surface area contributed by atoms with Gasteiger partial charge in [0, 0.05) is 5.56 Å². The Morgan fingerprint density at radius 1 is 1.07 bits per heavy atom. The van der Waals surface area contributed by atoms with Crippen LogP contribution in [0.15, 0.2) is 12.7 Å². The first-order valence-corrected chi connectivity index (χ1v) is 9.02. The number of aromatic nitrogens is 1. The van der Waals surface area contributed by atoms with Crippen molar-refractivity contribution in [1.29, 1.82) is 0 Å². The Morgan fingerprint density at radius 3 is 1.93 bits per heavy atom. The number of esters is 1. The summed E-state index contributed by atoms with van der Waals surface area (Å²) in [5, 5.41) is 0. The van der Waals surface area contributed by atoms with Gasteiger partial charge in [0.05, 0.1) is 7.11 Å². The molecule has 0 radical (unpaired) electrons. The summed E-state index contributed by atoms with van der Waals surface area (Å²) in [5.41, 5.74) is -1.37. The van der Waals surface area contributed by atoms with Crippen LogP contribution in [0.5, 0.6) is 0 Å². The first-order chi connectivity index (χ1) is 12.3. The summed E-state index contributed by atoms with van der Waals surface area (Å²) in [5.74, 6) is -0.660. The molecular weight excluding hydrogens is 372 g/mol. The van der Waals surface area contributed by atoms with E-state index in [0.29, 0.717) is 10.5 Å². The van der Waals surface area contributed by atoms with Gasteiger partial charge in [-0.15, -0.1) is 6.58 Å². The van der Waals surface area contributed by atoms with E-state index in [2.05, 4.69) is 11.0 Å². The Bertz CT molecular complexity index is 699. The normalized spacial score (nSPS) is 11.5. The van der Waals surface area contributed by atoms with Crippen LogP contribution in [-0.2, 0) is 20.6 Å². The lowest BCUT2D eigenvalue weighted by molar-refractivity contribution is 0.0427. The molecule has 1 aromatic rings. The molecular formula is C18H26N2O6S. The van der Waals surface area contributed by atoms with Crippen LogP contribution in [0.1, 0.15) is 56.8 Å². The van der Waals surface area contributed by atoms with Gasteiger partial charge in [0.25, 0.3) is 0 Å². The number of hydrogen-bond acceptors (Lipinski definition) is 8. The molecule has 0 aliphatic rings. The maximum absolute atomic E-state index is 12.7. The van der Waals surface area contributed by atoms with Gasteiger partial charge in [-0.2, -0.15) is 9.27 Å². The highest BCUT2D eigenvalue weighted by Gasteiger charge is 2.37. The molecule has 0 bridgehead atoms. The Hall–Kier alpha value is -2.42. The molecule has 0 aromatic carbocycles. The van der Waals surface area contributed by atoms with E-state index in [1.54, 1.807) is 41.5 Å². The second kappa shape index (κ2) is 8.51. The Morgan fingerprint density at radius 2 is 1.56 bits per heavy atom. The van der Waals surface area contributed by atoms with Crippen LogP contribution < -0.4 is 4.90 Å². The summed E-state index contributed by atoms with van der Waals surface area (Å²) in [6, 6.07) is 0. The van der Waals surface area contributed by atoms with Crippen LogP contribution in [0.4, 0.5) is 15.4 Å². The molecule has 150 valence electrons. The molecule has 0 saturated heterocycles. The van der Waals surface area contributed by atoms with E-state index in [0.717, 1.165) is 11.5 Å². The topological polar surface area (TPSA) is 95.0 Å². The molecule has 27 heavy (non-hydrogen) atoms. The quantitative estimate of drug-likeness (QED) is 0.423. The second-order valence-corrected chi connectivity index (χ2v) is 8.37. The third-order valence-electron chi connectivity index (χ3n) is 2.85. The molecule has 0 fully saturated rings. The van der Waals surface area contributed by atoms with Crippen LogP contribution in [-0.4, -0.2) is 40.8 Å². The van der Waals surface area contributed by atoms with Crippen molar-refractivity contribution in [3.8, 4) is 0 Å². The van der Waals surface area contributed by atoms with Crippen LogP contribution in [0.2, 0.25) is 0 Å². The fraction of sp³-hybridized carbons (Fsp3) is 0.556. The number of hydrogen-bond donors (Lipinski definition) is 0. The number of amides is 2. The lowest BCUT2D eigenvalue weighted by Gasteiger charge is -2.28. The highest BCUT2D eigenvalue weighted by atomic mass is 32.1. The molecule has 8 nitrogen and oxygen atoms in total. The standard InChI is InChI=1S/C18H26N2O6S/c1-9-10-11-12(14(21)24-8)27-19-13(11)20(15(22)25-17(2,3)4)16(23)26-18(5,6)7/h9H,1,10H2,2-8H3. The summed E-state index contributed by atoms with van der Waals surface area (Å²) in [6.07, 6.45) is -0.187. The molecule has 0 N–H and O–H groups in total. The van der Waals surface area contributed by atoms with E-state index in [-0.39, 0.29) is 17.1 Å². The summed E-state index contributed by atoms with van der Waals surface area (Å²) in [7, 11) is 1.24. The second-order valence-electron chi connectivity index (χ2n) is 7.59. The van der Waals surface area contributed by atoms with Gasteiger partial charge in [-0.3, -0.25) is 0 Å². The van der Waals surface area contributed by atoms with Gasteiger partial charge in [-0.25, -0.2) is 14.4 Å². The number of methoxy groups -OCH3 is 1. The number of anilines is 1. The van der Waals surface area contributed by atoms with E-state index < -0.39 is 29.4 Å². The highest BCUT2D eigenvalue weighted by Crippen LogP contribution is 2.30. The van der Waals surface area contributed by atoms with Crippen molar-refractivity contribution in [3.05, 3.63) is 23.1 Å². The van der Waals surface area contributed by atoms with Crippen molar-refractivity contribution in [2.75, 3.05) is 12.0 Å². The minimum Gasteiger partial charge on any atom is -0.465 e. The summed E-state index contributed by atoms with van der Waals surface area (Å²) < 4.78 is 19.5. The zero-order chi connectivity index (χ0) is 21.0. The number of allylic oxidation sites excluding steroid dienone is 1. The van der Waals surface area contributed by atoms with Crippen molar-refractivity contribution in [1.82, 2.24) is 4.37 Å². The molecule has 0 spiro atoms. The molecule has 1 aromatic heterocycles. The van der Waals surface area contributed by atoms with Gasteiger partial charge < -0.3 is 14.2 Å². The molecule has 1 heterocycles. The molecule has 9 heteroatoms. The molecule has 0 unspecified atom stereocenters. The summed E-state index contributed by atoms with van der Waals surface area (Å²) in [4.78, 5) is 38.3. The smallest absolute Gasteiger partial charge is 0.425 e. The maximum atomic E-state index is 12.7. The van der Waals surface area contributed by atoms with E-state index in [1.807, 2.05) is 0 Å². The molecule has 1 rings (SSSR count). The van der Waals surface area contributed by atoms with Gasteiger partial charge in [-0.05, 0) is 59.5 Å². The number of imide groups is 1. The SMILES string of the molecule is C=CCc1c(N(C(=O)OC(C)(C)C)C(=O)OC(C)(C)C)nsc1C(=O)OC. The van der Waals surface area contributed by atoms with E-state index in [4.69, 9.17) is 14.2 Å². The number of rotatable bonds is 4. The first kappa shape index (κ1) is 22.6. The van der Waals surface area contributed by atoms with E-state index >= 15 is 0 Å². The van der Waals surface area contributed by atoms with Gasteiger partial charge >= 0.3 is 18.2 Å². The molecule has 0 saturated carbocycles. The van der Waals surface area contributed by atoms with E-state index in [9.17, 15) is 14.4 Å². The Kier molecular flexibility index (Phi) is 7.13. The van der Waals surface area contributed by atoms with E-state index in [1.165, 1.54) is 13.2 Å². The number of nitrogens with zero attached hydrogens (tertiary/aromatic N) is 2. The zero-order valence-corrected chi connectivity index (χ0v) is 17.6. The van der Waals surface area contributed by atoms with Crippen LogP contribution in [0.3, 0.4) is 0 Å². The average Bonchev–Trinajstić information content (AvgIpc) is 2.87. The predicted octanol–water partition coefficient (Wildman–Crippen LogP) is 4.33. The van der Waals surface area contributed by atoms with Crippen molar-refractivity contribution in [2.45, 2.75) is 59.2 Å². The van der Waals surface area contributed by atoms with Gasteiger partial charge in [-0.1, -0.05) is 6.08 Å². The minimum atomic E-state index is -0.955. The molecule has 0 aliphatic carbocycles. The number of carbonyl (C=O) groups excluding carboxylic acids is 3. The average molecular weight is 398 g/mol. The van der Waals surface area contributed by atoms with Crippen LogP contribution in [0.25, 0.3) is 0 Å². The lowest BCUT2D eigenvalue weighted by Crippen LogP contribution is -2.44. The summed E-state index contributed by atoms with van der Waals surface area (Å²) >= 11 is 0.818. The summed E-state index contributed by atoms with van der Waals surface area (Å²) in [6.45, 7) is 13.7. The van der Waals surface area contributed by atoms with Crippen LogP contribution >= 0.6 is 11.5 Å².